The van der Waals surface area contributed by atoms with E-state index in [1.54, 1.807) is 0 Å². The van der Waals surface area contributed by atoms with Gasteiger partial charge in [0.25, 0.3) is 0 Å². The average molecular weight is 279 g/mol. The highest BCUT2D eigenvalue weighted by atomic mass is 32.1. The first-order valence-corrected chi connectivity index (χ1v) is 7.29. The number of rotatable bonds is 5. The van der Waals surface area contributed by atoms with Crippen LogP contribution in [0.25, 0.3) is 0 Å². The zero-order valence-electron chi connectivity index (χ0n) is 11.3. The highest BCUT2D eigenvalue weighted by Gasteiger charge is 2.32. The molecule has 1 aliphatic rings. The molecular formula is C15H21NO2S. The predicted octanol–water partition coefficient (Wildman–Crippen LogP) is 1.95. The fourth-order valence-electron chi connectivity index (χ4n) is 2.48. The molecule has 2 rings (SSSR count). The number of hydrogen-bond donors (Lipinski definition) is 1. The van der Waals surface area contributed by atoms with Crippen LogP contribution in [0.5, 0.6) is 0 Å². The second-order valence-electron chi connectivity index (χ2n) is 5.23. The lowest BCUT2D eigenvalue weighted by molar-refractivity contribution is -0.120. The molecule has 0 amide bonds. The molecule has 1 atom stereocenters. The quantitative estimate of drug-likeness (QED) is 0.660. The van der Waals surface area contributed by atoms with Gasteiger partial charge in [-0.15, -0.1) is 0 Å². The van der Waals surface area contributed by atoms with Crippen molar-refractivity contribution in [3.63, 3.8) is 0 Å². The number of thiol groups is 1. The van der Waals surface area contributed by atoms with Crippen LogP contribution >= 0.6 is 12.6 Å². The van der Waals surface area contributed by atoms with Gasteiger partial charge in [-0.2, -0.15) is 12.6 Å². The van der Waals surface area contributed by atoms with Crippen LogP contribution in [0.2, 0.25) is 0 Å². The standard InChI is InChI=1S/C15H21NO2S/c1-15(12-17,16-6-8-18-9-7-16)10-13-2-4-14(11-19)5-3-13/h2-5,12,19H,6-11H2,1H3. The normalized spacial score (nSPS) is 19.9. The Morgan fingerprint density at radius 3 is 2.37 bits per heavy atom. The second kappa shape index (κ2) is 6.55. The molecule has 0 aromatic heterocycles. The first kappa shape index (κ1) is 14.6. The van der Waals surface area contributed by atoms with E-state index in [0.717, 1.165) is 31.5 Å². The van der Waals surface area contributed by atoms with Crippen molar-refractivity contribution >= 4 is 18.9 Å². The first-order valence-electron chi connectivity index (χ1n) is 6.66. The van der Waals surface area contributed by atoms with E-state index in [1.165, 1.54) is 11.1 Å². The summed E-state index contributed by atoms with van der Waals surface area (Å²) in [4.78, 5) is 13.8. The van der Waals surface area contributed by atoms with Gasteiger partial charge in [0.1, 0.15) is 6.29 Å². The molecule has 104 valence electrons. The van der Waals surface area contributed by atoms with Crippen molar-refractivity contribution in [2.75, 3.05) is 26.3 Å². The van der Waals surface area contributed by atoms with Crippen molar-refractivity contribution in [1.29, 1.82) is 0 Å². The third kappa shape index (κ3) is 3.59. The number of carbonyl (C=O) groups is 1. The lowest BCUT2D eigenvalue weighted by atomic mass is 9.91. The average Bonchev–Trinajstić information content (AvgIpc) is 2.49. The van der Waals surface area contributed by atoms with Crippen LogP contribution in [0.15, 0.2) is 24.3 Å². The summed E-state index contributed by atoms with van der Waals surface area (Å²) >= 11 is 4.25. The maximum atomic E-state index is 11.6. The Morgan fingerprint density at radius 2 is 1.84 bits per heavy atom. The van der Waals surface area contributed by atoms with E-state index in [9.17, 15) is 4.79 Å². The Balaban J connectivity index is 2.09. The Bertz CT molecular complexity index is 415. The largest absolute Gasteiger partial charge is 0.379 e. The summed E-state index contributed by atoms with van der Waals surface area (Å²) in [7, 11) is 0. The summed E-state index contributed by atoms with van der Waals surface area (Å²) in [5.41, 5.74) is 1.95. The zero-order valence-corrected chi connectivity index (χ0v) is 12.2. The summed E-state index contributed by atoms with van der Waals surface area (Å²) in [6, 6.07) is 8.33. The molecule has 4 heteroatoms. The number of ether oxygens (including phenoxy) is 1. The summed E-state index contributed by atoms with van der Waals surface area (Å²) in [5.74, 6) is 0.745. The van der Waals surface area contributed by atoms with Crippen LogP contribution in [-0.4, -0.2) is 43.0 Å². The lowest BCUT2D eigenvalue weighted by Crippen LogP contribution is -2.54. The number of benzene rings is 1. The van der Waals surface area contributed by atoms with Gasteiger partial charge in [-0.25, -0.2) is 0 Å². The molecule has 1 heterocycles. The molecule has 0 aliphatic carbocycles. The van der Waals surface area contributed by atoms with Crippen LogP contribution in [0.3, 0.4) is 0 Å². The van der Waals surface area contributed by atoms with E-state index < -0.39 is 5.54 Å². The highest BCUT2D eigenvalue weighted by molar-refractivity contribution is 7.79. The lowest BCUT2D eigenvalue weighted by Gasteiger charge is -2.39. The molecule has 0 N–H and O–H groups in total. The molecule has 1 aromatic rings. The molecule has 0 radical (unpaired) electrons. The van der Waals surface area contributed by atoms with Gasteiger partial charge < -0.3 is 9.53 Å². The van der Waals surface area contributed by atoms with Gasteiger partial charge >= 0.3 is 0 Å². The minimum absolute atomic E-state index is 0.438. The summed E-state index contributed by atoms with van der Waals surface area (Å²) in [5, 5.41) is 0. The minimum Gasteiger partial charge on any atom is -0.379 e. The van der Waals surface area contributed by atoms with E-state index in [4.69, 9.17) is 4.74 Å². The monoisotopic (exact) mass is 279 g/mol. The van der Waals surface area contributed by atoms with Crippen LogP contribution in [0.4, 0.5) is 0 Å². The van der Waals surface area contributed by atoms with Gasteiger partial charge in [-0.3, -0.25) is 4.90 Å². The second-order valence-corrected chi connectivity index (χ2v) is 5.54. The predicted molar refractivity (Wildman–Crippen MR) is 79.7 cm³/mol. The highest BCUT2D eigenvalue weighted by Crippen LogP contribution is 2.21. The third-order valence-electron chi connectivity index (χ3n) is 3.75. The Kier molecular flexibility index (Phi) is 5.02. The summed E-state index contributed by atoms with van der Waals surface area (Å²) in [6.45, 7) is 5.08. The van der Waals surface area contributed by atoms with Crippen molar-refractivity contribution < 1.29 is 9.53 Å². The van der Waals surface area contributed by atoms with Crippen LogP contribution in [-0.2, 0) is 21.7 Å². The van der Waals surface area contributed by atoms with Crippen molar-refractivity contribution in [2.45, 2.75) is 24.6 Å². The molecular weight excluding hydrogens is 258 g/mol. The zero-order chi connectivity index (χ0) is 13.7. The fraction of sp³-hybridized carbons (Fsp3) is 0.533. The van der Waals surface area contributed by atoms with Crippen LogP contribution in [0, 0.1) is 0 Å². The molecule has 1 fully saturated rings. The van der Waals surface area contributed by atoms with Crippen molar-refractivity contribution in [3.05, 3.63) is 35.4 Å². The van der Waals surface area contributed by atoms with Gasteiger partial charge in [0.15, 0.2) is 0 Å². The third-order valence-corrected chi connectivity index (χ3v) is 4.12. The van der Waals surface area contributed by atoms with Gasteiger partial charge in [0.2, 0.25) is 0 Å². The maximum Gasteiger partial charge on any atom is 0.140 e. The van der Waals surface area contributed by atoms with E-state index >= 15 is 0 Å². The van der Waals surface area contributed by atoms with Crippen molar-refractivity contribution in [1.82, 2.24) is 4.90 Å². The molecule has 1 aliphatic heterocycles. The Morgan fingerprint density at radius 1 is 1.26 bits per heavy atom. The number of hydrogen-bond acceptors (Lipinski definition) is 4. The molecule has 19 heavy (non-hydrogen) atoms. The van der Waals surface area contributed by atoms with E-state index in [-0.39, 0.29) is 0 Å². The maximum absolute atomic E-state index is 11.6. The fourth-order valence-corrected chi connectivity index (χ4v) is 2.69. The van der Waals surface area contributed by atoms with Crippen molar-refractivity contribution in [2.24, 2.45) is 0 Å². The number of carbonyl (C=O) groups excluding carboxylic acids is 1. The van der Waals surface area contributed by atoms with E-state index in [2.05, 4.69) is 41.8 Å². The molecule has 3 nitrogen and oxygen atoms in total. The number of aldehydes is 1. The van der Waals surface area contributed by atoms with E-state index in [1.807, 2.05) is 6.92 Å². The molecule has 1 unspecified atom stereocenters. The first-order chi connectivity index (χ1) is 9.18. The van der Waals surface area contributed by atoms with Gasteiger partial charge in [-0.05, 0) is 24.5 Å². The Labute approximate surface area is 120 Å². The molecule has 0 saturated carbocycles. The Hall–Kier alpha value is -0.840. The smallest absolute Gasteiger partial charge is 0.140 e. The topological polar surface area (TPSA) is 29.5 Å². The molecule has 0 spiro atoms. The van der Waals surface area contributed by atoms with Crippen LogP contribution < -0.4 is 0 Å². The molecule has 1 aromatic carbocycles. The molecule has 1 saturated heterocycles. The van der Waals surface area contributed by atoms with Crippen LogP contribution in [0.1, 0.15) is 18.1 Å². The number of morpholine rings is 1. The molecule has 0 bridgehead atoms. The SMILES string of the molecule is CC(C=O)(Cc1ccc(CS)cc1)N1CCOCC1. The summed E-state index contributed by atoms with van der Waals surface area (Å²) in [6.07, 6.45) is 1.81. The number of nitrogens with zero attached hydrogens (tertiary/aromatic N) is 1. The van der Waals surface area contributed by atoms with E-state index in [0.29, 0.717) is 13.2 Å². The van der Waals surface area contributed by atoms with Gasteiger partial charge in [0, 0.05) is 18.8 Å². The minimum atomic E-state index is -0.438. The van der Waals surface area contributed by atoms with Gasteiger partial charge in [-0.1, -0.05) is 24.3 Å². The summed E-state index contributed by atoms with van der Waals surface area (Å²) < 4.78 is 5.35. The van der Waals surface area contributed by atoms with Crippen molar-refractivity contribution in [3.8, 4) is 0 Å². The van der Waals surface area contributed by atoms with Gasteiger partial charge in [0.05, 0.1) is 18.8 Å².